The van der Waals surface area contributed by atoms with Gasteiger partial charge in [-0.05, 0) is 73.4 Å². The van der Waals surface area contributed by atoms with Crippen molar-refractivity contribution in [2.45, 2.75) is 36.6 Å². The van der Waals surface area contributed by atoms with Crippen molar-refractivity contribution < 1.29 is 47.0 Å². The third-order valence-corrected chi connectivity index (χ3v) is 13.5. The first-order valence-corrected chi connectivity index (χ1v) is 24.2. The number of anilines is 1. The minimum atomic E-state index is -3.40. The van der Waals surface area contributed by atoms with Crippen molar-refractivity contribution in [3.63, 3.8) is 0 Å². The van der Waals surface area contributed by atoms with Crippen LogP contribution in [0, 0.1) is 0 Å². The van der Waals surface area contributed by atoms with Gasteiger partial charge in [-0.3, -0.25) is 39.1 Å². The Labute approximate surface area is 390 Å². The number of hydrogen-bond donors (Lipinski definition) is 4. The van der Waals surface area contributed by atoms with Crippen molar-refractivity contribution in [3.05, 3.63) is 113 Å². The number of rotatable bonds is 17. The van der Waals surface area contributed by atoms with E-state index >= 15 is 0 Å². The van der Waals surface area contributed by atoms with Crippen molar-refractivity contribution in [3.8, 4) is 28.8 Å². The molecule has 0 bridgehead atoms. The molecule has 6 aromatic rings. The number of carbonyl (C=O) groups is 5. The number of aromatic amines is 1. The number of nitrogens with zero attached hydrogens (tertiary/aromatic N) is 6. The molecular formula is C48H49N9O10S. The number of H-pyrrole nitrogens is 1. The molecule has 68 heavy (non-hydrogen) atoms. The first-order valence-electron chi connectivity index (χ1n) is 22.3. The summed E-state index contributed by atoms with van der Waals surface area (Å²) in [5.74, 6) is -1.41. The Kier molecular flexibility index (Phi) is 13.1. The van der Waals surface area contributed by atoms with Crippen LogP contribution in [0.25, 0.3) is 28.2 Å². The molecule has 2 fully saturated rings. The molecule has 3 aliphatic rings. The molecule has 5 amide bonds. The second kappa shape index (κ2) is 19.4. The smallest absolute Gasteiger partial charge is 0.264 e. The molecule has 19 nitrogen and oxygen atoms in total. The molecule has 2 saturated heterocycles. The van der Waals surface area contributed by atoms with Gasteiger partial charge >= 0.3 is 0 Å². The Hall–Kier alpha value is -7.42. The Morgan fingerprint density at radius 2 is 1.65 bits per heavy atom. The summed E-state index contributed by atoms with van der Waals surface area (Å²) in [6.07, 6.45) is 2.26. The fourth-order valence-electron chi connectivity index (χ4n) is 8.67. The van der Waals surface area contributed by atoms with Crippen LogP contribution in [-0.2, 0) is 41.8 Å². The maximum Gasteiger partial charge on any atom is 0.264 e. The SMILES string of the molecule is CS(=O)(=O)c1ccc(-c2nn(-c3nc4ccccc4[nH]3)c(O)c2CCc2ccc(OCCOCC(=O)N3CCN(CCNc4cccc5c4C(=O)N(C4CCC(=O)NC4=O)C5=O)CC3)cc2)cc1. The van der Waals surface area contributed by atoms with E-state index in [2.05, 4.69) is 25.5 Å². The number of nitrogens with one attached hydrogen (secondary N) is 3. The largest absolute Gasteiger partial charge is 0.493 e. The maximum absolute atomic E-state index is 13.4. The molecule has 9 rings (SSSR count). The van der Waals surface area contributed by atoms with Crippen molar-refractivity contribution in [2.75, 3.05) is 70.7 Å². The number of aryl methyl sites for hydroxylation is 1. The summed E-state index contributed by atoms with van der Waals surface area (Å²) >= 11 is 0. The van der Waals surface area contributed by atoms with Gasteiger partial charge in [0, 0.05) is 68.8 Å². The highest BCUT2D eigenvalue weighted by Gasteiger charge is 2.45. The quantitative estimate of drug-likeness (QED) is 0.0758. The van der Waals surface area contributed by atoms with Gasteiger partial charge in [0.2, 0.25) is 29.5 Å². The Morgan fingerprint density at radius 3 is 2.38 bits per heavy atom. The fraction of sp³-hybridized carbons (Fsp3) is 0.312. The van der Waals surface area contributed by atoms with Crippen LogP contribution in [0.3, 0.4) is 0 Å². The Morgan fingerprint density at radius 1 is 0.882 bits per heavy atom. The van der Waals surface area contributed by atoms with E-state index in [0.717, 1.165) is 27.8 Å². The molecule has 20 heteroatoms. The number of fused-ring (bicyclic) bond motifs is 2. The summed E-state index contributed by atoms with van der Waals surface area (Å²) in [6, 6.07) is 25.4. The lowest BCUT2D eigenvalue weighted by Crippen LogP contribution is -2.54. The second-order valence-corrected chi connectivity index (χ2v) is 18.8. The predicted octanol–water partition coefficient (Wildman–Crippen LogP) is 3.36. The van der Waals surface area contributed by atoms with Crippen LogP contribution in [0.2, 0.25) is 0 Å². The zero-order chi connectivity index (χ0) is 47.5. The van der Waals surface area contributed by atoms with Crippen molar-refractivity contribution in [1.82, 2.24) is 39.8 Å². The average Bonchev–Trinajstić information content (AvgIpc) is 3.99. The summed E-state index contributed by atoms with van der Waals surface area (Å²) in [7, 11) is -3.40. The van der Waals surface area contributed by atoms with Crippen molar-refractivity contribution >= 4 is 56.1 Å². The van der Waals surface area contributed by atoms with Gasteiger partial charge in [0.1, 0.15) is 30.7 Å². The number of carbonyl (C=O) groups excluding carboxylic acids is 5. The van der Waals surface area contributed by atoms with E-state index in [4.69, 9.17) is 14.6 Å². The van der Waals surface area contributed by atoms with E-state index in [1.807, 2.05) is 48.5 Å². The normalized spacial score (nSPS) is 16.6. The molecule has 0 saturated carbocycles. The Balaban J connectivity index is 0.707. The number of imidazole rings is 1. The van der Waals surface area contributed by atoms with Gasteiger partial charge in [-0.1, -0.05) is 42.5 Å². The summed E-state index contributed by atoms with van der Waals surface area (Å²) in [4.78, 5) is 76.5. The van der Waals surface area contributed by atoms with E-state index in [-0.39, 0.29) is 60.5 Å². The summed E-state index contributed by atoms with van der Waals surface area (Å²) in [5.41, 5.74) is 5.14. The molecule has 3 aliphatic heterocycles. The molecule has 1 atom stereocenters. The number of aromatic hydroxyl groups is 1. The third-order valence-electron chi connectivity index (χ3n) is 12.3. The highest BCUT2D eigenvalue weighted by atomic mass is 32.2. The van der Waals surface area contributed by atoms with Crippen LogP contribution in [0.5, 0.6) is 11.6 Å². The lowest BCUT2D eigenvalue weighted by molar-refractivity contribution is -0.138. The van der Waals surface area contributed by atoms with Crippen molar-refractivity contribution in [1.29, 1.82) is 0 Å². The molecular weight excluding hydrogens is 895 g/mol. The second-order valence-electron chi connectivity index (χ2n) is 16.8. The summed E-state index contributed by atoms with van der Waals surface area (Å²) in [6.45, 7) is 3.84. The average molecular weight is 944 g/mol. The molecule has 1 unspecified atom stereocenters. The van der Waals surface area contributed by atoms with Crippen LogP contribution in [0.4, 0.5) is 5.69 Å². The molecule has 4 aromatic carbocycles. The first-order chi connectivity index (χ1) is 32.8. The van der Waals surface area contributed by atoms with Gasteiger partial charge in [0.05, 0.1) is 33.7 Å². The van der Waals surface area contributed by atoms with Crippen LogP contribution in [0.15, 0.2) is 95.9 Å². The topological polar surface area (TPSA) is 238 Å². The number of piperidine rings is 1. The predicted molar refractivity (Wildman–Crippen MR) is 248 cm³/mol. The van der Waals surface area contributed by atoms with Gasteiger partial charge in [-0.2, -0.15) is 9.78 Å². The minimum absolute atomic E-state index is 0.0493. The molecule has 5 heterocycles. The number of sulfone groups is 1. The van der Waals surface area contributed by atoms with Crippen molar-refractivity contribution in [2.24, 2.45) is 0 Å². The van der Waals surface area contributed by atoms with E-state index in [9.17, 15) is 37.5 Å². The number of piperazine rings is 1. The van der Waals surface area contributed by atoms with Crippen LogP contribution >= 0.6 is 0 Å². The molecule has 0 spiro atoms. The van der Waals surface area contributed by atoms with E-state index < -0.39 is 39.5 Å². The van der Waals surface area contributed by atoms with Gasteiger partial charge in [-0.25, -0.2) is 13.4 Å². The van der Waals surface area contributed by atoms with Crippen LogP contribution in [0.1, 0.15) is 44.7 Å². The minimum Gasteiger partial charge on any atom is -0.493 e. The molecule has 2 aromatic heterocycles. The Bertz CT molecular complexity index is 2980. The number of hydrogen-bond acceptors (Lipinski definition) is 14. The van der Waals surface area contributed by atoms with E-state index in [1.165, 1.54) is 16.8 Å². The highest BCUT2D eigenvalue weighted by molar-refractivity contribution is 7.90. The van der Waals surface area contributed by atoms with E-state index in [0.29, 0.717) is 86.3 Å². The molecule has 0 radical (unpaired) electrons. The molecule has 0 aliphatic carbocycles. The maximum atomic E-state index is 13.4. The first kappa shape index (κ1) is 45.7. The number of aromatic nitrogens is 4. The van der Waals surface area contributed by atoms with E-state index in [1.54, 1.807) is 35.2 Å². The number of benzene rings is 4. The van der Waals surface area contributed by atoms with Crippen LogP contribution < -0.4 is 15.4 Å². The fourth-order valence-corrected chi connectivity index (χ4v) is 9.30. The van der Waals surface area contributed by atoms with Crippen LogP contribution in [-0.4, -0.2) is 149 Å². The van der Waals surface area contributed by atoms with Gasteiger partial charge < -0.3 is 29.8 Å². The number of imide groups is 2. The number of para-hydroxylation sites is 2. The monoisotopic (exact) mass is 943 g/mol. The summed E-state index contributed by atoms with van der Waals surface area (Å²) < 4.78 is 37.2. The lowest BCUT2D eigenvalue weighted by atomic mass is 10.0. The molecule has 4 N–H and O–H groups in total. The van der Waals surface area contributed by atoms with Gasteiger partial charge in [0.25, 0.3) is 11.8 Å². The zero-order valence-corrected chi connectivity index (χ0v) is 38.0. The zero-order valence-electron chi connectivity index (χ0n) is 37.1. The number of ether oxygens (including phenoxy) is 2. The lowest BCUT2D eigenvalue weighted by Gasteiger charge is -2.34. The standard InChI is InChI=1S/C48H49N9O10S/c1-68(64,65)33-16-12-31(13-17-33)43-35(46(62)57(53-43)48-50-36-6-2-3-7-37(36)51-48)18-11-30-9-14-32(15-10-30)67-28-27-66-29-41(59)55-25-23-54(24-26-55)22-21-49-38-8-4-5-34-42(38)47(63)56(45(34)61)39-19-20-40(58)52-44(39)60/h2-10,12-17,39,49,62H,11,18-29H2,1H3,(H,50,51)(H,52,58,60). The summed E-state index contributed by atoms with van der Waals surface area (Å²) in [5, 5.41) is 21.7. The van der Waals surface area contributed by atoms with Gasteiger partial charge in [0.15, 0.2) is 9.84 Å². The van der Waals surface area contributed by atoms with Gasteiger partial charge in [-0.15, -0.1) is 0 Å². The molecule has 352 valence electrons. The number of amides is 5. The third kappa shape index (κ3) is 9.69. The highest BCUT2D eigenvalue weighted by Crippen LogP contribution is 2.35.